The Kier molecular flexibility index (Phi) is 7.37. The second-order valence-corrected chi connectivity index (χ2v) is 5.64. The number of hydrazone groups is 1. The Morgan fingerprint density at radius 2 is 2.14 bits per heavy atom. The molecule has 0 aliphatic rings. The molecule has 0 aliphatic carbocycles. The Bertz CT molecular complexity index is 953. The van der Waals surface area contributed by atoms with Gasteiger partial charge in [-0.05, 0) is 30.7 Å². The Morgan fingerprint density at radius 1 is 1.39 bits per heavy atom. The van der Waals surface area contributed by atoms with Gasteiger partial charge < -0.3 is 9.47 Å². The number of hydrogen-bond donors (Lipinski definition) is 1. The molecule has 144 valence electrons. The quantitative estimate of drug-likeness (QED) is 0.316. The second kappa shape index (κ2) is 9.94. The van der Waals surface area contributed by atoms with Crippen LogP contribution >= 0.6 is 11.6 Å². The molecule has 0 aromatic heterocycles. The molecule has 0 saturated heterocycles. The molecule has 2 aromatic carbocycles. The first-order valence-electron chi connectivity index (χ1n) is 8.07. The van der Waals surface area contributed by atoms with Gasteiger partial charge in [-0.25, -0.2) is 5.43 Å². The van der Waals surface area contributed by atoms with Crippen molar-refractivity contribution in [3.05, 3.63) is 62.7 Å². The fraction of sp³-hybridized carbons (Fsp3) is 0.158. The molecule has 0 unspecified atom stereocenters. The lowest BCUT2D eigenvalue weighted by molar-refractivity contribution is -0.385. The summed E-state index contributed by atoms with van der Waals surface area (Å²) in [6.07, 6.45) is 6.51. The molecule has 2 aromatic rings. The maximum absolute atomic E-state index is 12.2. The number of terminal acetylenes is 1. The predicted octanol–water partition coefficient (Wildman–Crippen LogP) is 3.42. The van der Waals surface area contributed by atoms with Crippen molar-refractivity contribution in [3.63, 3.8) is 0 Å². The minimum Gasteiger partial charge on any atom is -0.490 e. The van der Waals surface area contributed by atoms with Crippen LogP contribution in [0.2, 0.25) is 5.02 Å². The minimum atomic E-state index is -0.714. The highest BCUT2D eigenvalue weighted by atomic mass is 35.5. The Hall–Kier alpha value is -3.57. The molecule has 0 radical (unpaired) electrons. The van der Waals surface area contributed by atoms with E-state index in [1.807, 2.05) is 0 Å². The van der Waals surface area contributed by atoms with Crippen LogP contribution in [0.15, 0.2) is 41.5 Å². The summed E-state index contributed by atoms with van der Waals surface area (Å²) in [5.74, 6) is 2.31. The second-order valence-electron chi connectivity index (χ2n) is 5.23. The van der Waals surface area contributed by atoms with Crippen molar-refractivity contribution in [1.29, 1.82) is 0 Å². The molecule has 0 fully saturated rings. The smallest absolute Gasteiger partial charge is 0.282 e. The van der Waals surface area contributed by atoms with E-state index in [2.05, 4.69) is 16.4 Å². The summed E-state index contributed by atoms with van der Waals surface area (Å²) in [7, 11) is 0. The number of nitro benzene ring substituents is 1. The third-order valence-corrected chi connectivity index (χ3v) is 3.64. The molecule has 28 heavy (non-hydrogen) atoms. The number of nitrogens with one attached hydrogen (secondary N) is 1. The van der Waals surface area contributed by atoms with E-state index in [0.29, 0.717) is 23.7 Å². The topological polar surface area (TPSA) is 103 Å². The van der Waals surface area contributed by atoms with Gasteiger partial charge >= 0.3 is 0 Å². The van der Waals surface area contributed by atoms with Gasteiger partial charge in [0, 0.05) is 6.07 Å². The zero-order chi connectivity index (χ0) is 20.5. The van der Waals surface area contributed by atoms with Crippen molar-refractivity contribution in [1.82, 2.24) is 5.43 Å². The number of nitro groups is 1. The number of para-hydroxylation sites is 1. The van der Waals surface area contributed by atoms with Crippen molar-refractivity contribution in [2.24, 2.45) is 5.10 Å². The average Bonchev–Trinajstić information content (AvgIpc) is 2.67. The van der Waals surface area contributed by atoms with E-state index in [9.17, 15) is 14.9 Å². The fourth-order valence-corrected chi connectivity index (χ4v) is 2.50. The van der Waals surface area contributed by atoms with Gasteiger partial charge in [0.2, 0.25) is 0 Å². The van der Waals surface area contributed by atoms with E-state index < -0.39 is 10.8 Å². The third kappa shape index (κ3) is 5.22. The molecule has 8 nitrogen and oxygen atoms in total. The first-order chi connectivity index (χ1) is 13.5. The van der Waals surface area contributed by atoms with Gasteiger partial charge in [-0.15, -0.1) is 6.42 Å². The van der Waals surface area contributed by atoms with Gasteiger partial charge in [0.15, 0.2) is 11.5 Å². The Balaban J connectivity index is 2.19. The van der Waals surface area contributed by atoms with Crippen LogP contribution in [0.3, 0.4) is 0 Å². The van der Waals surface area contributed by atoms with E-state index in [0.717, 1.165) is 0 Å². The molecule has 0 bridgehead atoms. The van der Waals surface area contributed by atoms with Crippen molar-refractivity contribution in [2.75, 3.05) is 13.2 Å². The van der Waals surface area contributed by atoms with Crippen LogP contribution in [-0.2, 0) is 0 Å². The minimum absolute atomic E-state index is 0.0269. The number of carbonyl (C=O) groups excluding carboxylic acids is 1. The molecule has 9 heteroatoms. The number of rotatable bonds is 8. The van der Waals surface area contributed by atoms with Crippen LogP contribution in [0.4, 0.5) is 5.69 Å². The maximum Gasteiger partial charge on any atom is 0.282 e. The summed E-state index contributed by atoms with van der Waals surface area (Å²) in [5.41, 5.74) is 2.35. The summed E-state index contributed by atoms with van der Waals surface area (Å²) < 4.78 is 10.9. The molecular formula is C19H16ClN3O5. The average molecular weight is 402 g/mol. The maximum atomic E-state index is 12.2. The summed E-state index contributed by atoms with van der Waals surface area (Å²) in [4.78, 5) is 22.5. The van der Waals surface area contributed by atoms with Crippen LogP contribution in [0, 0.1) is 22.5 Å². The van der Waals surface area contributed by atoms with Gasteiger partial charge in [-0.1, -0.05) is 29.7 Å². The zero-order valence-electron chi connectivity index (χ0n) is 14.8. The summed E-state index contributed by atoms with van der Waals surface area (Å²) in [5, 5.41) is 15.1. The molecule has 0 atom stereocenters. The third-order valence-electron chi connectivity index (χ3n) is 3.36. The summed E-state index contributed by atoms with van der Waals surface area (Å²) in [6.45, 7) is 2.20. The van der Waals surface area contributed by atoms with Crippen molar-refractivity contribution < 1.29 is 19.2 Å². The van der Waals surface area contributed by atoms with Crippen LogP contribution in [0.25, 0.3) is 0 Å². The number of carbonyl (C=O) groups is 1. The first kappa shape index (κ1) is 20.7. The molecule has 2 rings (SSSR count). The van der Waals surface area contributed by atoms with Crippen LogP contribution in [-0.4, -0.2) is 30.3 Å². The monoisotopic (exact) mass is 401 g/mol. The summed E-state index contributed by atoms with van der Waals surface area (Å²) in [6, 6.07) is 8.73. The number of amides is 1. The largest absolute Gasteiger partial charge is 0.490 e. The zero-order valence-corrected chi connectivity index (χ0v) is 15.6. The van der Waals surface area contributed by atoms with Gasteiger partial charge in [-0.2, -0.15) is 5.10 Å². The van der Waals surface area contributed by atoms with Crippen LogP contribution in [0.1, 0.15) is 22.8 Å². The molecule has 0 heterocycles. The van der Waals surface area contributed by atoms with E-state index in [4.69, 9.17) is 27.5 Å². The Labute approximate surface area is 166 Å². The van der Waals surface area contributed by atoms with Gasteiger partial charge in [0.1, 0.15) is 12.2 Å². The van der Waals surface area contributed by atoms with Gasteiger partial charge in [0.25, 0.3) is 11.6 Å². The molecule has 1 amide bonds. The molecular weight excluding hydrogens is 386 g/mol. The van der Waals surface area contributed by atoms with Crippen molar-refractivity contribution >= 4 is 29.4 Å². The van der Waals surface area contributed by atoms with E-state index >= 15 is 0 Å². The molecule has 1 N–H and O–H groups in total. The number of halogens is 1. The SMILES string of the molecule is C#CCOc1c(Cl)cc(/C=N\NC(=O)c2ccccc2[N+](=O)[O-])cc1OCC. The first-order valence-corrected chi connectivity index (χ1v) is 8.45. The van der Waals surface area contributed by atoms with Crippen LogP contribution < -0.4 is 14.9 Å². The van der Waals surface area contributed by atoms with Crippen molar-refractivity contribution in [3.8, 4) is 23.8 Å². The number of nitrogens with zero attached hydrogens (tertiary/aromatic N) is 2. The van der Waals surface area contributed by atoms with Crippen LogP contribution in [0.5, 0.6) is 11.5 Å². The highest BCUT2D eigenvalue weighted by Crippen LogP contribution is 2.36. The van der Waals surface area contributed by atoms with E-state index in [1.54, 1.807) is 19.1 Å². The molecule has 0 spiro atoms. The van der Waals surface area contributed by atoms with Crippen molar-refractivity contribution in [2.45, 2.75) is 6.92 Å². The standard InChI is InChI=1S/C19H16ClN3O5/c1-3-9-28-18-15(20)10-13(11-17(18)27-4-2)12-21-22-19(24)14-7-5-6-8-16(14)23(25)26/h1,5-8,10-12H,4,9H2,2H3,(H,22,24)/b21-12-. The molecule has 0 aliphatic heterocycles. The van der Waals surface area contributed by atoms with E-state index in [-0.39, 0.29) is 22.9 Å². The normalized spacial score (nSPS) is 10.3. The number of hydrogen-bond acceptors (Lipinski definition) is 6. The van der Waals surface area contributed by atoms with Gasteiger partial charge in [-0.3, -0.25) is 14.9 Å². The predicted molar refractivity (Wildman–Crippen MR) is 105 cm³/mol. The Morgan fingerprint density at radius 3 is 2.82 bits per heavy atom. The summed E-state index contributed by atoms with van der Waals surface area (Å²) >= 11 is 6.20. The molecule has 0 saturated carbocycles. The lowest BCUT2D eigenvalue weighted by Gasteiger charge is -2.12. The number of benzene rings is 2. The van der Waals surface area contributed by atoms with E-state index in [1.165, 1.54) is 30.5 Å². The van der Waals surface area contributed by atoms with Gasteiger partial charge in [0.05, 0.1) is 22.8 Å². The number of ether oxygens (including phenoxy) is 2. The highest BCUT2D eigenvalue weighted by molar-refractivity contribution is 6.32. The lowest BCUT2D eigenvalue weighted by atomic mass is 10.2. The lowest BCUT2D eigenvalue weighted by Crippen LogP contribution is -2.18. The highest BCUT2D eigenvalue weighted by Gasteiger charge is 2.18. The fourth-order valence-electron chi connectivity index (χ4n) is 2.23.